The summed E-state index contributed by atoms with van der Waals surface area (Å²) in [5.74, 6) is -1.25. The van der Waals surface area contributed by atoms with Gasteiger partial charge in [0.15, 0.2) is 0 Å². The Bertz CT molecular complexity index is 421. The topological polar surface area (TPSA) is 20.2 Å². The summed E-state index contributed by atoms with van der Waals surface area (Å²) >= 11 is 0. The summed E-state index contributed by atoms with van der Waals surface area (Å²) in [6.45, 7) is -0.00432. The van der Waals surface area contributed by atoms with Crippen molar-refractivity contribution in [3.05, 3.63) is 35.1 Å². The van der Waals surface area contributed by atoms with Crippen molar-refractivity contribution in [2.45, 2.75) is 25.4 Å². The molecule has 0 saturated heterocycles. The zero-order chi connectivity index (χ0) is 12.7. The molecule has 1 saturated carbocycles. The summed E-state index contributed by atoms with van der Waals surface area (Å²) < 4.78 is 50.2. The Morgan fingerprint density at radius 2 is 1.88 bits per heavy atom. The highest BCUT2D eigenvalue weighted by Crippen LogP contribution is 2.48. The zero-order valence-electron chi connectivity index (χ0n) is 9.02. The van der Waals surface area contributed by atoms with Crippen molar-refractivity contribution in [3.8, 4) is 0 Å². The van der Waals surface area contributed by atoms with Crippen molar-refractivity contribution in [2.75, 3.05) is 6.61 Å². The Hall–Kier alpha value is -1.10. The number of rotatable bonds is 3. The molecule has 0 unspecified atom stereocenters. The molecule has 1 N–H and O–H groups in total. The van der Waals surface area contributed by atoms with Gasteiger partial charge in [-0.15, -0.1) is 0 Å². The number of aliphatic hydroxyl groups excluding tert-OH is 1. The molecule has 1 aromatic rings. The van der Waals surface area contributed by atoms with E-state index in [1.54, 1.807) is 0 Å². The Morgan fingerprint density at radius 3 is 2.29 bits per heavy atom. The van der Waals surface area contributed by atoms with Crippen molar-refractivity contribution in [2.24, 2.45) is 5.41 Å². The first-order chi connectivity index (χ1) is 7.86. The van der Waals surface area contributed by atoms with Gasteiger partial charge in [-0.2, -0.15) is 13.2 Å². The number of alkyl halides is 3. The molecule has 1 fully saturated rings. The van der Waals surface area contributed by atoms with Gasteiger partial charge in [0, 0.05) is 6.61 Å². The maximum Gasteiger partial charge on any atom is 0.419 e. The largest absolute Gasteiger partial charge is 0.419 e. The van der Waals surface area contributed by atoms with Crippen molar-refractivity contribution >= 4 is 0 Å². The van der Waals surface area contributed by atoms with E-state index in [1.165, 1.54) is 6.07 Å². The molecule has 1 aliphatic carbocycles. The van der Waals surface area contributed by atoms with Gasteiger partial charge in [-0.3, -0.25) is 0 Å². The van der Waals surface area contributed by atoms with Gasteiger partial charge in [0.2, 0.25) is 0 Å². The monoisotopic (exact) mass is 248 g/mol. The minimum atomic E-state index is -4.66. The van der Waals surface area contributed by atoms with Crippen molar-refractivity contribution < 1.29 is 22.7 Å². The summed E-state index contributed by atoms with van der Waals surface area (Å²) in [6, 6.07) is 2.96. The predicted molar refractivity (Wildman–Crippen MR) is 53.9 cm³/mol. The Morgan fingerprint density at radius 1 is 1.24 bits per heavy atom. The lowest BCUT2D eigenvalue weighted by atomic mass is 9.96. The van der Waals surface area contributed by atoms with E-state index in [2.05, 4.69) is 0 Å². The van der Waals surface area contributed by atoms with Crippen LogP contribution in [0.4, 0.5) is 17.6 Å². The van der Waals surface area contributed by atoms with E-state index in [4.69, 9.17) is 5.11 Å². The third-order valence-electron chi connectivity index (χ3n) is 3.21. The summed E-state index contributed by atoms with van der Waals surface area (Å²) in [5.41, 5.74) is -0.969. The summed E-state index contributed by atoms with van der Waals surface area (Å²) in [5, 5.41) is 9.10. The summed E-state index contributed by atoms with van der Waals surface area (Å²) in [7, 11) is 0. The lowest BCUT2D eigenvalue weighted by molar-refractivity contribution is -0.140. The van der Waals surface area contributed by atoms with Crippen LogP contribution < -0.4 is 0 Å². The minimum Gasteiger partial charge on any atom is -0.396 e. The van der Waals surface area contributed by atoms with Gasteiger partial charge in [-0.25, -0.2) is 4.39 Å². The number of benzene rings is 1. The van der Waals surface area contributed by atoms with Gasteiger partial charge in [0.25, 0.3) is 0 Å². The zero-order valence-corrected chi connectivity index (χ0v) is 9.02. The molecule has 2 rings (SSSR count). The van der Waals surface area contributed by atoms with Crippen LogP contribution in [-0.4, -0.2) is 11.7 Å². The van der Waals surface area contributed by atoms with E-state index >= 15 is 0 Å². The van der Waals surface area contributed by atoms with E-state index in [1.807, 2.05) is 0 Å². The Kier molecular flexibility index (Phi) is 2.89. The molecule has 0 amide bonds. The van der Waals surface area contributed by atoms with E-state index in [0.717, 1.165) is 25.0 Å². The van der Waals surface area contributed by atoms with Gasteiger partial charge in [0.05, 0.1) is 5.56 Å². The Labute approximate surface area is 96.1 Å². The molecule has 1 nitrogen and oxygen atoms in total. The molecule has 0 aromatic heterocycles. The van der Waals surface area contributed by atoms with Crippen LogP contribution in [0.1, 0.15) is 24.0 Å². The first-order valence-electron chi connectivity index (χ1n) is 5.33. The van der Waals surface area contributed by atoms with Gasteiger partial charge >= 0.3 is 6.18 Å². The molecule has 0 heterocycles. The van der Waals surface area contributed by atoms with E-state index in [0.29, 0.717) is 12.0 Å². The van der Waals surface area contributed by atoms with Crippen LogP contribution in [0.5, 0.6) is 0 Å². The SMILES string of the molecule is OCC1(Cc2ccc(C(F)(F)F)c(F)c2)CC1. The number of hydrogen-bond acceptors (Lipinski definition) is 1. The van der Waals surface area contributed by atoms with Gasteiger partial charge in [0.1, 0.15) is 5.82 Å². The van der Waals surface area contributed by atoms with Crippen molar-refractivity contribution in [1.82, 2.24) is 0 Å². The lowest BCUT2D eigenvalue weighted by Gasteiger charge is -2.13. The van der Waals surface area contributed by atoms with E-state index in [9.17, 15) is 17.6 Å². The highest BCUT2D eigenvalue weighted by molar-refractivity contribution is 5.28. The average molecular weight is 248 g/mol. The van der Waals surface area contributed by atoms with Crippen LogP contribution in [0.25, 0.3) is 0 Å². The van der Waals surface area contributed by atoms with Crippen LogP contribution in [0.3, 0.4) is 0 Å². The molecule has 0 atom stereocenters. The fourth-order valence-corrected chi connectivity index (χ4v) is 1.90. The van der Waals surface area contributed by atoms with Crippen LogP contribution in [-0.2, 0) is 12.6 Å². The molecule has 1 aliphatic rings. The fourth-order valence-electron chi connectivity index (χ4n) is 1.90. The fraction of sp³-hybridized carbons (Fsp3) is 0.500. The summed E-state index contributed by atoms with van der Waals surface area (Å²) in [4.78, 5) is 0. The van der Waals surface area contributed by atoms with Crippen molar-refractivity contribution in [3.63, 3.8) is 0 Å². The first-order valence-corrected chi connectivity index (χ1v) is 5.33. The second kappa shape index (κ2) is 3.98. The standard InChI is InChI=1S/C12H12F4O/c13-10-5-8(6-11(7-17)3-4-11)1-2-9(10)12(14,15)16/h1-2,5,17H,3-4,6-7H2. The molecule has 5 heteroatoms. The number of halogens is 4. The molecule has 1 aromatic carbocycles. The van der Waals surface area contributed by atoms with Gasteiger partial charge < -0.3 is 5.11 Å². The van der Waals surface area contributed by atoms with E-state index in [-0.39, 0.29) is 12.0 Å². The lowest BCUT2D eigenvalue weighted by Crippen LogP contribution is -2.12. The van der Waals surface area contributed by atoms with Crippen LogP contribution >= 0.6 is 0 Å². The molecular formula is C12H12F4O. The van der Waals surface area contributed by atoms with E-state index < -0.39 is 17.6 Å². The highest BCUT2D eigenvalue weighted by atomic mass is 19.4. The highest BCUT2D eigenvalue weighted by Gasteiger charge is 2.42. The Balaban J connectivity index is 2.20. The maximum atomic E-state index is 13.3. The number of aliphatic hydroxyl groups is 1. The second-order valence-electron chi connectivity index (χ2n) is 4.65. The minimum absolute atomic E-state index is 0.00432. The molecule has 0 bridgehead atoms. The molecule has 0 aliphatic heterocycles. The molecule has 0 radical (unpaired) electrons. The third-order valence-corrected chi connectivity index (χ3v) is 3.21. The van der Waals surface area contributed by atoms with Gasteiger partial charge in [-0.05, 0) is 42.4 Å². The molecule has 94 valence electrons. The quantitative estimate of drug-likeness (QED) is 0.815. The second-order valence-corrected chi connectivity index (χ2v) is 4.65. The van der Waals surface area contributed by atoms with Crippen LogP contribution in [0, 0.1) is 11.2 Å². The smallest absolute Gasteiger partial charge is 0.396 e. The average Bonchev–Trinajstić information content (AvgIpc) is 2.96. The van der Waals surface area contributed by atoms with Gasteiger partial charge in [-0.1, -0.05) is 6.07 Å². The molecule has 0 spiro atoms. The molecular weight excluding hydrogens is 236 g/mol. The molecule has 17 heavy (non-hydrogen) atoms. The number of hydrogen-bond donors (Lipinski definition) is 1. The van der Waals surface area contributed by atoms with Crippen LogP contribution in [0.15, 0.2) is 18.2 Å². The van der Waals surface area contributed by atoms with Crippen molar-refractivity contribution in [1.29, 1.82) is 0 Å². The van der Waals surface area contributed by atoms with Crippen LogP contribution in [0.2, 0.25) is 0 Å². The summed E-state index contributed by atoms with van der Waals surface area (Å²) in [6.07, 6.45) is -2.55. The third kappa shape index (κ3) is 2.60. The maximum absolute atomic E-state index is 13.3. The first kappa shape index (κ1) is 12.4. The normalized spacial score (nSPS) is 18.2. The predicted octanol–water partition coefficient (Wildman–Crippen LogP) is 3.16.